The van der Waals surface area contributed by atoms with Crippen molar-refractivity contribution in [2.24, 2.45) is 11.8 Å². The Morgan fingerprint density at radius 3 is 2.79 bits per heavy atom. The van der Waals surface area contributed by atoms with Crippen LogP contribution in [0.1, 0.15) is 19.8 Å². The summed E-state index contributed by atoms with van der Waals surface area (Å²) in [5.74, 6) is -2.83. The zero-order valence-corrected chi connectivity index (χ0v) is 11.1. The highest BCUT2D eigenvalue weighted by molar-refractivity contribution is 5.82. The maximum atomic E-state index is 11.8. The van der Waals surface area contributed by atoms with Gasteiger partial charge in [-0.15, -0.1) is 0 Å². The number of ether oxygens (including phenoxy) is 2. The third kappa shape index (κ3) is 5.26. The first-order valence-corrected chi connectivity index (χ1v) is 6.30. The van der Waals surface area contributed by atoms with E-state index in [-0.39, 0.29) is 6.61 Å². The summed E-state index contributed by atoms with van der Waals surface area (Å²) >= 11 is 0. The molecule has 0 heterocycles. The number of esters is 1. The van der Waals surface area contributed by atoms with E-state index in [0.717, 1.165) is 5.57 Å². The van der Waals surface area contributed by atoms with Gasteiger partial charge in [-0.25, -0.2) is 0 Å². The smallest absolute Gasteiger partial charge is 0.311 e. The molecule has 1 rings (SSSR count). The molecule has 1 aliphatic rings. The Morgan fingerprint density at radius 2 is 2.16 bits per heavy atom. The molecule has 0 saturated heterocycles. The average molecular weight is 268 g/mol. The number of carboxylic acid groups (broad SMARTS) is 1. The zero-order chi connectivity index (χ0) is 14.3. The number of allylic oxidation sites excluding steroid dienone is 1. The van der Waals surface area contributed by atoms with E-state index in [2.05, 4.69) is 6.58 Å². The first-order valence-electron chi connectivity index (χ1n) is 6.30. The van der Waals surface area contributed by atoms with E-state index in [1.807, 2.05) is 6.92 Å². The van der Waals surface area contributed by atoms with E-state index in [1.54, 1.807) is 12.2 Å². The summed E-state index contributed by atoms with van der Waals surface area (Å²) in [7, 11) is 0. The highest BCUT2D eigenvalue weighted by atomic mass is 16.6. The van der Waals surface area contributed by atoms with Gasteiger partial charge in [0.25, 0.3) is 0 Å². The Hall–Kier alpha value is -1.62. The molecule has 0 fully saturated rings. The minimum absolute atomic E-state index is 0.138. The van der Waals surface area contributed by atoms with Crippen LogP contribution in [0, 0.1) is 11.8 Å². The van der Waals surface area contributed by atoms with Crippen molar-refractivity contribution in [2.75, 3.05) is 19.8 Å². The zero-order valence-electron chi connectivity index (χ0n) is 11.1. The van der Waals surface area contributed by atoms with Gasteiger partial charge in [0, 0.05) is 0 Å². The first kappa shape index (κ1) is 15.4. The van der Waals surface area contributed by atoms with Gasteiger partial charge in [-0.3, -0.25) is 9.59 Å². The van der Waals surface area contributed by atoms with E-state index >= 15 is 0 Å². The lowest BCUT2D eigenvalue weighted by Crippen LogP contribution is -2.32. The van der Waals surface area contributed by atoms with Crippen LogP contribution < -0.4 is 0 Å². The lowest BCUT2D eigenvalue weighted by Gasteiger charge is -2.22. The number of carboxylic acids is 1. The van der Waals surface area contributed by atoms with E-state index in [1.165, 1.54) is 0 Å². The Kier molecular flexibility index (Phi) is 6.29. The summed E-state index contributed by atoms with van der Waals surface area (Å²) in [5, 5.41) is 9.03. The second-order valence-electron chi connectivity index (χ2n) is 4.65. The Bertz CT molecular complexity index is 372. The Labute approximate surface area is 112 Å². The molecule has 5 nitrogen and oxygen atoms in total. The molecule has 2 unspecified atom stereocenters. The molecule has 1 aliphatic carbocycles. The van der Waals surface area contributed by atoms with Crippen molar-refractivity contribution in [3.05, 3.63) is 24.3 Å². The van der Waals surface area contributed by atoms with Crippen molar-refractivity contribution >= 4 is 11.9 Å². The van der Waals surface area contributed by atoms with Crippen LogP contribution in [-0.4, -0.2) is 36.9 Å². The lowest BCUT2D eigenvalue weighted by molar-refractivity contribution is -0.157. The number of carbonyl (C=O) groups is 2. The Balaban J connectivity index is 2.34. The van der Waals surface area contributed by atoms with Crippen LogP contribution in [0.5, 0.6) is 0 Å². The fourth-order valence-electron chi connectivity index (χ4n) is 1.91. The third-order valence-electron chi connectivity index (χ3n) is 2.83. The summed E-state index contributed by atoms with van der Waals surface area (Å²) in [6, 6.07) is 0. The number of aliphatic carboxylic acids is 1. The van der Waals surface area contributed by atoms with Gasteiger partial charge >= 0.3 is 11.9 Å². The second kappa shape index (κ2) is 7.74. The third-order valence-corrected chi connectivity index (χ3v) is 2.83. The molecule has 0 aromatic heterocycles. The molecule has 0 aromatic carbocycles. The number of carbonyl (C=O) groups excluding carboxylic acids is 1. The van der Waals surface area contributed by atoms with Crippen molar-refractivity contribution in [1.29, 1.82) is 0 Å². The molecule has 5 heteroatoms. The molecular formula is C14H20O5. The van der Waals surface area contributed by atoms with Crippen molar-refractivity contribution in [3.8, 4) is 0 Å². The molecule has 19 heavy (non-hydrogen) atoms. The van der Waals surface area contributed by atoms with Gasteiger partial charge in [-0.05, 0) is 19.8 Å². The van der Waals surface area contributed by atoms with Crippen molar-refractivity contribution < 1.29 is 24.2 Å². The topological polar surface area (TPSA) is 72.8 Å². The van der Waals surface area contributed by atoms with E-state index in [9.17, 15) is 9.59 Å². The minimum atomic E-state index is -0.989. The highest BCUT2D eigenvalue weighted by Gasteiger charge is 2.34. The standard InChI is InChI=1S/C14H20O5/c1-10(2)9-18-7-8-19-14(17)12-6-4-3-5-11(12)13(15)16/h3,5,11-12H,1,4,6-9H2,2H3,(H,15,16). The molecular weight excluding hydrogens is 248 g/mol. The van der Waals surface area contributed by atoms with Crippen molar-refractivity contribution in [1.82, 2.24) is 0 Å². The van der Waals surface area contributed by atoms with Gasteiger partial charge in [-0.2, -0.15) is 0 Å². The molecule has 0 spiro atoms. The largest absolute Gasteiger partial charge is 0.481 e. The molecule has 0 radical (unpaired) electrons. The predicted octanol–water partition coefficient (Wildman–Crippen LogP) is 1.79. The molecule has 0 amide bonds. The van der Waals surface area contributed by atoms with Crippen LogP contribution in [0.15, 0.2) is 24.3 Å². The lowest BCUT2D eigenvalue weighted by atomic mass is 9.84. The predicted molar refractivity (Wildman–Crippen MR) is 69.6 cm³/mol. The summed E-state index contributed by atoms with van der Waals surface area (Å²) in [6.07, 6.45) is 4.57. The van der Waals surface area contributed by atoms with Gasteiger partial charge in [-0.1, -0.05) is 24.3 Å². The fourth-order valence-corrected chi connectivity index (χ4v) is 1.91. The summed E-state index contributed by atoms with van der Waals surface area (Å²) in [4.78, 5) is 22.8. The fraction of sp³-hybridized carbons (Fsp3) is 0.571. The van der Waals surface area contributed by atoms with Crippen LogP contribution in [0.25, 0.3) is 0 Å². The van der Waals surface area contributed by atoms with Gasteiger partial charge < -0.3 is 14.6 Å². The SMILES string of the molecule is C=C(C)COCCOC(=O)C1CCC=CC1C(=O)O. The maximum absolute atomic E-state index is 11.8. The second-order valence-corrected chi connectivity index (χ2v) is 4.65. The summed E-state index contributed by atoms with van der Waals surface area (Å²) < 4.78 is 10.3. The normalized spacial score (nSPS) is 21.9. The molecule has 0 aliphatic heterocycles. The molecule has 106 valence electrons. The van der Waals surface area contributed by atoms with E-state index in [4.69, 9.17) is 14.6 Å². The highest BCUT2D eigenvalue weighted by Crippen LogP contribution is 2.26. The molecule has 2 atom stereocenters. The molecule has 1 N–H and O–H groups in total. The summed E-state index contributed by atoms with van der Waals surface area (Å²) in [5.41, 5.74) is 0.898. The summed E-state index contributed by atoms with van der Waals surface area (Å²) in [6.45, 7) is 6.39. The van der Waals surface area contributed by atoms with Crippen molar-refractivity contribution in [2.45, 2.75) is 19.8 Å². The van der Waals surface area contributed by atoms with E-state index < -0.39 is 23.8 Å². The van der Waals surface area contributed by atoms with Gasteiger partial charge in [0.1, 0.15) is 6.61 Å². The van der Waals surface area contributed by atoms with Gasteiger partial charge in [0.2, 0.25) is 0 Å². The molecule has 0 saturated carbocycles. The first-order chi connectivity index (χ1) is 9.02. The Morgan fingerprint density at radius 1 is 1.42 bits per heavy atom. The monoisotopic (exact) mass is 268 g/mol. The molecule has 0 bridgehead atoms. The average Bonchev–Trinajstić information content (AvgIpc) is 2.37. The van der Waals surface area contributed by atoms with Crippen LogP contribution in [0.3, 0.4) is 0 Å². The van der Waals surface area contributed by atoms with E-state index in [0.29, 0.717) is 26.1 Å². The van der Waals surface area contributed by atoms with Crippen LogP contribution in [0.2, 0.25) is 0 Å². The molecule has 0 aromatic rings. The minimum Gasteiger partial charge on any atom is -0.481 e. The van der Waals surface area contributed by atoms with Crippen molar-refractivity contribution in [3.63, 3.8) is 0 Å². The number of rotatable bonds is 7. The van der Waals surface area contributed by atoms with Gasteiger partial charge in [0.05, 0.1) is 25.0 Å². The number of hydrogen-bond donors (Lipinski definition) is 1. The van der Waals surface area contributed by atoms with Crippen LogP contribution in [-0.2, 0) is 19.1 Å². The van der Waals surface area contributed by atoms with Crippen LogP contribution in [0.4, 0.5) is 0 Å². The maximum Gasteiger partial charge on any atom is 0.311 e. The number of hydrogen-bond acceptors (Lipinski definition) is 4. The van der Waals surface area contributed by atoms with Crippen LogP contribution >= 0.6 is 0 Å². The quantitative estimate of drug-likeness (QED) is 0.433. The van der Waals surface area contributed by atoms with Gasteiger partial charge in [0.15, 0.2) is 0 Å².